The Labute approximate surface area is 178 Å². The fraction of sp³-hybridized carbons (Fsp3) is 0.636. The number of nitrogens with two attached hydrogens (primary N) is 1. The minimum absolute atomic E-state index is 0.0508. The van der Waals surface area contributed by atoms with Crippen LogP contribution in [0, 0.1) is 30.6 Å². The van der Waals surface area contributed by atoms with E-state index in [1.54, 1.807) is 13.1 Å². The van der Waals surface area contributed by atoms with Crippen molar-refractivity contribution in [2.24, 2.45) is 23.7 Å². The molecule has 0 spiro atoms. The van der Waals surface area contributed by atoms with Crippen LogP contribution < -0.4 is 16.4 Å². The van der Waals surface area contributed by atoms with Crippen LogP contribution in [0.5, 0.6) is 0 Å². The summed E-state index contributed by atoms with van der Waals surface area (Å²) in [6.45, 7) is 5.35. The zero-order chi connectivity index (χ0) is 21.8. The molecule has 1 saturated carbocycles. The molecular weight excluding hydrogens is 382 g/mol. The van der Waals surface area contributed by atoms with E-state index in [9.17, 15) is 14.4 Å². The minimum atomic E-state index is -0.576. The number of ketones is 1. The van der Waals surface area contributed by atoms with Crippen LogP contribution in [0.2, 0.25) is 0 Å². The maximum Gasteiger partial charge on any atom is 0.317 e. The Morgan fingerprint density at radius 3 is 2.50 bits per heavy atom. The normalized spacial score (nSPS) is 24.9. The van der Waals surface area contributed by atoms with Gasteiger partial charge in [0, 0.05) is 26.1 Å². The molecule has 0 aromatic carbocycles. The number of nitrogen functional groups attached to an aromatic ring is 1. The number of pyridine rings is 1. The smallest absolute Gasteiger partial charge is 0.317 e. The lowest BCUT2D eigenvalue weighted by atomic mass is 9.65. The van der Waals surface area contributed by atoms with Crippen molar-refractivity contribution in [3.8, 4) is 0 Å². The molecule has 1 aliphatic carbocycles. The van der Waals surface area contributed by atoms with Crippen molar-refractivity contribution in [2.45, 2.75) is 46.0 Å². The average molecular weight is 416 g/mol. The quantitative estimate of drug-likeness (QED) is 0.654. The molecule has 0 bridgehead atoms. The summed E-state index contributed by atoms with van der Waals surface area (Å²) in [7, 11) is 1.64. The van der Waals surface area contributed by atoms with Gasteiger partial charge >= 0.3 is 6.03 Å². The molecule has 3 rings (SSSR count). The van der Waals surface area contributed by atoms with Crippen molar-refractivity contribution >= 4 is 29.2 Å². The summed E-state index contributed by atoms with van der Waals surface area (Å²) in [4.78, 5) is 43.6. The predicted molar refractivity (Wildman–Crippen MR) is 116 cm³/mol. The van der Waals surface area contributed by atoms with E-state index in [2.05, 4.69) is 22.5 Å². The fourth-order valence-electron chi connectivity index (χ4n) is 4.97. The zero-order valence-corrected chi connectivity index (χ0v) is 18.1. The first-order valence-electron chi connectivity index (χ1n) is 10.8. The molecule has 30 heavy (non-hydrogen) atoms. The number of amides is 3. The second-order valence-electron chi connectivity index (χ2n) is 8.81. The monoisotopic (exact) mass is 415 g/mol. The lowest BCUT2D eigenvalue weighted by Crippen LogP contribution is -2.47. The largest absolute Gasteiger partial charge is 0.383 e. The van der Waals surface area contributed by atoms with Gasteiger partial charge in [-0.15, -0.1) is 0 Å². The first kappa shape index (κ1) is 22.1. The van der Waals surface area contributed by atoms with Crippen LogP contribution in [0.25, 0.3) is 0 Å². The van der Waals surface area contributed by atoms with Crippen LogP contribution in [0.4, 0.5) is 16.3 Å². The summed E-state index contributed by atoms with van der Waals surface area (Å²) < 4.78 is 0. The number of carbonyl (C=O) groups is 3. The number of hydrogen-bond acceptors (Lipinski definition) is 5. The van der Waals surface area contributed by atoms with Gasteiger partial charge in [-0.05, 0) is 62.0 Å². The molecule has 1 aliphatic heterocycles. The maximum atomic E-state index is 13.1. The number of hydrogen-bond donors (Lipinski definition) is 3. The summed E-state index contributed by atoms with van der Waals surface area (Å²) in [5, 5.41) is 5.38. The molecule has 3 atom stereocenters. The van der Waals surface area contributed by atoms with Gasteiger partial charge in [0.1, 0.15) is 5.82 Å². The summed E-state index contributed by atoms with van der Waals surface area (Å²) >= 11 is 0. The predicted octanol–water partition coefficient (Wildman–Crippen LogP) is 2.58. The van der Waals surface area contributed by atoms with Crippen LogP contribution in [0.1, 0.15) is 44.6 Å². The maximum absolute atomic E-state index is 13.1. The standard InChI is InChI=1S/C22H33N5O3/c1-13-4-5-17(15-6-8-27(9-7-15)22(30)24-3)18(10-13)19(28)21(29)26-16-11-14(2)20(23)25-12-16/h11-13,15,17-18H,4-10H2,1-3H3,(H2,23,25)(H,24,30)(H,26,29)/t13-,17+,18?/m0/s1. The molecule has 8 nitrogen and oxygen atoms in total. The Kier molecular flexibility index (Phi) is 6.95. The summed E-state index contributed by atoms with van der Waals surface area (Å²) in [6, 6.07) is 1.67. The van der Waals surface area contributed by atoms with Crippen LogP contribution in [0.3, 0.4) is 0 Å². The van der Waals surface area contributed by atoms with Gasteiger partial charge < -0.3 is 21.3 Å². The molecule has 164 valence electrons. The lowest BCUT2D eigenvalue weighted by molar-refractivity contribution is -0.140. The average Bonchev–Trinajstić information content (AvgIpc) is 2.75. The highest BCUT2D eigenvalue weighted by Gasteiger charge is 2.41. The topological polar surface area (TPSA) is 117 Å². The molecule has 2 fully saturated rings. The highest BCUT2D eigenvalue weighted by atomic mass is 16.2. The first-order chi connectivity index (χ1) is 14.3. The van der Waals surface area contributed by atoms with E-state index in [0.717, 1.165) is 37.7 Å². The molecule has 1 aromatic rings. The van der Waals surface area contributed by atoms with Crippen molar-refractivity contribution in [1.82, 2.24) is 15.2 Å². The number of Topliss-reactive ketones (excluding diaryl/α,β-unsaturated/α-hetero) is 1. The third-order valence-corrected chi connectivity index (χ3v) is 6.75. The summed E-state index contributed by atoms with van der Waals surface area (Å²) in [5.74, 6) is 0.201. The van der Waals surface area contributed by atoms with E-state index < -0.39 is 5.91 Å². The second kappa shape index (κ2) is 9.45. The number of aromatic nitrogens is 1. The van der Waals surface area contributed by atoms with E-state index in [-0.39, 0.29) is 23.7 Å². The van der Waals surface area contributed by atoms with Crippen LogP contribution in [-0.4, -0.2) is 47.7 Å². The second-order valence-corrected chi connectivity index (χ2v) is 8.81. The van der Waals surface area contributed by atoms with E-state index in [4.69, 9.17) is 5.73 Å². The number of nitrogens with zero attached hydrogens (tertiary/aromatic N) is 2. The van der Waals surface area contributed by atoms with Crippen molar-refractivity contribution in [1.29, 1.82) is 0 Å². The van der Waals surface area contributed by atoms with Crippen molar-refractivity contribution < 1.29 is 14.4 Å². The SMILES string of the molecule is CNC(=O)N1CCC([C@H]2CC[C@H](C)CC2C(=O)C(=O)Nc2cnc(N)c(C)c2)CC1. The highest BCUT2D eigenvalue weighted by molar-refractivity contribution is 6.41. The van der Waals surface area contributed by atoms with Gasteiger partial charge in [0.25, 0.3) is 5.91 Å². The van der Waals surface area contributed by atoms with Crippen LogP contribution in [-0.2, 0) is 9.59 Å². The van der Waals surface area contributed by atoms with E-state index in [1.807, 2.05) is 11.8 Å². The minimum Gasteiger partial charge on any atom is -0.383 e. The number of anilines is 2. The Balaban J connectivity index is 1.67. The number of piperidine rings is 1. The number of aryl methyl sites for hydroxylation is 1. The van der Waals surface area contributed by atoms with Gasteiger partial charge in [0.15, 0.2) is 0 Å². The van der Waals surface area contributed by atoms with Crippen molar-refractivity contribution in [3.63, 3.8) is 0 Å². The number of nitrogens with one attached hydrogen (secondary N) is 2. The Morgan fingerprint density at radius 1 is 1.17 bits per heavy atom. The summed E-state index contributed by atoms with van der Waals surface area (Å²) in [5.41, 5.74) is 6.97. The Morgan fingerprint density at radius 2 is 1.87 bits per heavy atom. The van der Waals surface area contributed by atoms with Crippen molar-refractivity contribution in [3.05, 3.63) is 17.8 Å². The van der Waals surface area contributed by atoms with Gasteiger partial charge in [0.2, 0.25) is 5.78 Å². The van der Waals surface area contributed by atoms with Gasteiger partial charge in [-0.1, -0.05) is 13.3 Å². The lowest BCUT2D eigenvalue weighted by Gasteiger charge is -2.42. The Bertz CT molecular complexity index is 804. The molecule has 1 saturated heterocycles. The molecular formula is C22H33N5O3. The molecule has 2 aliphatic rings. The number of urea groups is 1. The van der Waals surface area contributed by atoms with Crippen LogP contribution in [0.15, 0.2) is 12.3 Å². The summed E-state index contributed by atoms with van der Waals surface area (Å²) in [6.07, 6.45) is 6.00. The van der Waals surface area contributed by atoms with Crippen LogP contribution >= 0.6 is 0 Å². The van der Waals surface area contributed by atoms with E-state index >= 15 is 0 Å². The number of carbonyl (C=O) groups excluding carboxylic acids is 3. The third-order valence-electron chi connectivity index (χ3n) is 6.75. The van der Waals surface area contributed by atoms with Crippen molar-refractivity contribution in [2.75, 3.05) is 31.2 Å². The molecule has 8 heteroatoms. The molecule has 1 aromatic heterocycles. The van der Waals surface area contributed by atoms with E-state index in [0.29, 0.717) is 36.4 Å². The number of rotatable bonds is 4. The third kappa shape index (κ3) is 4.91. The molecule has 1 unspecified atom stereocenters. The molecule has 0 radical (unpaired) electrons. The molecule has 2 heterocycles. The molecule has 4 N–H and O–H groups in total. The van der Waals surface area contributed by atoms with Gasteiger partial charge in [-0.3, -0.25) is 9.59 Å². The number of likely N-dealkylation sites (tertiary alicyclic amines) is 1. The van der Waals surface area contributed by atoms with Gasteiger partial charge in [-0.2, -0.15) is 0 Å². The molecule has 3 amide bonds. The van der Waals surface area contributed by atoms with Gasteiger partial charge in [0.05, 0.1) is 11.9 Å². The fourth-order valence-corrected chi connectivity index (χ4v) is 4.97. The van der Waals surface area contributed by atoms with Gasteiger partial charge in [-0.25, -0.2) is 9.78 Å². The highest BCUT2D eigenvalue weighted by Crippen LogP contribution is 2.42. The van der Waals surface area contributed by atoms with E-state index in [1.165, 1.54) is 6.20 Å². The zero-order valence-electron chi connectivity index (χ0n) is 18.1. The first-order valence-corrected chi connectivity index (χ1v) is 10.8. The Hall–Kier alpha value is -2.64.